The van der Waals surface area contributed by atoms with Gasteiger partial charge in [0, 0.05) is 19.3 Å². The molecule has 0 aliphatic carbocycles. The van der Waals surface area contributed by atoms with Crippen molar-refractivity contribution in [2.75, 3.05) is 6.54 Å². The van der Waals surface area contributed by atoms with Crippen LogP contribution >= 0.6 is 0 Å². The minimum absolute atomic E-state index is 0.135. The molecular formula is C13H20N4O2. The van der Waals surface area contributed by atoms with Crippen molar-refractivity contribution in [1.82, 2.24) is 20.0 Å². The summed E-state index contributed by atoms with van der Waals surface area (Å²) in [4.78, 5) is 24.6. The number of hydrogen-bond acceptors (Lipinski definition) is 3. The van der Waals surface area contributed by atoms with E-state index in [0.717, 1.165) is 24.2 Å². The molecule has 1 aliphatic heterocycles. The Morgan fingerprint density at radius 2 is 2.00 bits per heavy atom. The molecule has 0 spiro atoms. The molecule has 2 rings (SSSR count). The molecule has 1 saturated heterocycles. The third-order valence-corrected chi connectivity index (χ3v) is 3.69. The molecule has 0 unspecified atom stereocenters. The van der Waals surface area contributed by atoms with E-state index in [-0.39, 0.29) is 11.9 Å². The fourth-order valence-corrected chi connectivity index (χ4v) is 2.46. The van der Waals surface area contributed by atoms with E-state index in [0.29, 0.717) is 6.54 Å². The molecule has 19 heavy (non-hydrogen) atoms. The summed E-state index contributed by atoms with van der Waals surface area (Å²) in [5, 5.41) is 6.97. The van der Waals surface area contributed by atoms with Crippen molar-refractivity contribution < 1.29 is 9.59 Å². The highest BCUT2D eigenvalue weighted by Crippen LogP contribution is 2.15. The van der Waals surface area contributed by atoms with Gasteiger partial charge in [-0.1, -0.05) is 0 Å². The summed E-state index contributed by atoms with van der Waals surface area (Å²) >= 11 is 0. The number of urea groups is 1. The molecule has 1 N–H and O–H groups in total. The molecule has 1 atom stereocenters. The Kier molecular flexibility index (Phi) is 3.59. The minimum Gasteiger partial charge on any atom is -0.326 e. The molecule has 2 heterocycles. The van der Waals surface area contributed by atoms with Gasteiger partial charge in [-0.15, -0.1) is 0 Å². The molecule has 1 aromatic rings. The molecule has 0 aromatic carbocycles. The first-order valence-corrected chi connectivity index (χ1v) is 6.52. The molecule has 1 fully saturated rings. The molecule has 6 heteroatoms. The number of nitrogens with one attached hydrogen (secondary N) is 1. The van der Waals surface area contributed by atoms with Gasteiger partial charge in [-0.05, 0) is 39.2 Å². The maximum atomic E-state index is 11.7. The Labute approximate surface area is 112 Å². The van der Waals surface area contributed by atoms with Gasteiger partial charge in [0.2, 0.25) is 0 Å². The second-order valence-corrected chi connectivity index (χ2v) is 5.04. The predicted molar refractivity (Wildman–Crippen MR) is 70.7 cm³/mol. The van der Waals surface area contributed by atoms with E-state index in [9.17, 15) is 9.59 Å². The zero-order valence-electron chi connectivity index (χ0n) is 11.9. The maximum Gasteiger partial charge on any atom is 0.324 e. The molecule has 1 aromatic heterocycles. The average molecular weight is 264 g/mol. The summed E-state index contributed by atoms with van der Waals surface area (Å²) in [6.07, 6.45) is 1.59. The second kappa shape index (κ2) is 5.03. The standard InChI is InChI=1S/C13H20N4O2/c1-8-11(10(3)16(4)15-8)6-5-7-17-12(18)9(2)14-13(17)19/h9H,5-7H2,1-4H3,(H,14,19)/t9-/m1/s1. The van der Waals surface area contributed by atoms with Crippen molar-refractivity contribution in [1.29, 1.82) is 0 Å². The summed E-state index contributed by atoms with van der Waals surface area (Å²) in [7, 11) is 1.92. The van der Waals surface area contributed by atoms with Crippen LogP contribution in [0.1, 0.15) is 30.3 Å². The Bertz CT molecular complexity index is 521. The number of nitrogens with zero attached hydrogens (tertiary/aromatic N) is 3. The lowest BCUT2D eigenvalue weighted by Gasteiger charge is -2.12. The first-order valence-electron chi connectivity index (χ1n) is 6.52. The van der Waals surface area contributed by atoms with Crippen LogP contribution in [0.25, 0.3) is 0 Å². The zero-order chi connectivity index (χ0) is 14.2. The first kappa shape index (κ1) is 13.6. The van der Waals surface area contributed by atoms with Gasteiger partial charge >= 0.3 is 6.03 Å². The smallest absolute Gasteiger partial charge is 0.324 e. The third-order valence-electron chi connectivity index (χ3n) is 3.69. The van der Waals surface area contributed by atoms with Gasteiger partial charge in [0.25, 0.3) is 5.91 Å². The van der Waals surface area contributed by atoms with Crippen LogP contribution in [-0.2, 0) is 18.3 Å². The van der Waals surface area contributed by atoms with Crippen LogP contribution in [0.3, 0.4) is 0 Å². The van der Waals surface area contributed by atoms with E-state index < -0.39 is 6.04 Å². The van der Waals surface area contributed by atoms with E-state index in [2.05, 4.69) is 10.4 Å². The number of amides is 3. The van der Waals surface area contributed by atoms with Crippen LogP contribution in [0.5, 0.6) is 0 Å². The van der Waals surface area contributed by atoms with Crippen LogP contribution in [0.2, 0.25) is 0 Å². The van der Waals surface area contributed by atoms with Crippen LogP contribution in [0, 0.1) is 13.8 Å². The second-order valence-electron chi connectivity index (χ2n) is 5.04. The lowest BCUT2D eigenvalue weighted by molar-refractivity contribution is -0.127. The molecule has 3 amide bonds. The van der Waals surface area contributed by atoms with Gasteiger partial charge in [-0.3, -0.25) is 14.4 Å². The summed E-state index contributed by atoms with van der Waals surface area (Å²) < 4.78 is 1.86. The number of carbonyl (C=O) groups is 2. The number of aromatic nitrogens is 2. The highest BCUT2D eigenvalue weighted by atomic mass is 16.2. The van der Waals surface area contributed by atoms with Crippen LogP contribution in [0.4, 0.5) is 4.79 Å². The van der Waals surface area contributed by atoms with Crippen LogP contribution < -0.4 is 5.32 Å². The van der Waals surface area contributed by atoms with Crippen molar-refractivity contribution in [2.45, 2.75) is 39.7 Å². The van der Waals surface area contributed by atoms with Crippen LogP contribution in [-0.4, -0.2) is 39.2 Å². The molecule has 1 aliphatic rings. The van der Waals surface area contributed by atoms with Gasteiger partial charge in [-0.2, -0.15) is 5.10 Å². The molecule has 0 saturated carbocycles. The monoisotopic (exact) mass is 264 g/mol. The Hall–Kier alpha value is -1.85. The number of imide groups is 1. The van der Waals surface area contributed by atoms with E-state index >= 15 is 0 Å². The molecular weight excluding hydrogens is 244 g/mol. The van der Waals surface area contributed by atoms with Gasteiger partial charge in [0.1, 0.15) is 6.04 Å². The fourth-order valence-electron chi connectivity index (χ4n) is 2.46. The number of rotatable bonds is 4. The summed E-state index contributed by atoms with van der Waals surface area (Å²) in [6, 6.07) is -0.675. The molecule has 6 nitrogen and oxygen atoms in total. The van der Waals surface area contributed by atoms with Crippen molar-refractivity contribution in [2.24, 2.45) is 7.05 Å². The van der Waals surface area contributed by atoms with Gasteiger partial charge in [0.05, 0.1) is 5.69 Å². The fraction of sp³-hybridized carbons (Fsp3) is 0.615. The van der Waals surface area contributed by atoms with Crippen molar-refractivity contribution in [3.8, 4) is 0 Å². The van der Waals surface area contributed by atoms with E-state index in [1.807, 2.05) is 25.6 Å². The minimum atomic E-state index is -0.394. The number of hydrogen-bond donors (Lipinski definition) is 1. The Morgan fingerprint density at radius 3 is 2.47 bits per heavy atom. The Morgan fingerprint density at radius 1 is 1.32 bits per heavy atom. The van der Waals surface area contributed by atoms with Crippen molar-refractivity contribution in [3.63, 3.8) is 0 Å². The number of carbonyl (C=O) groups excluding carboxylic acids is 2. The van der Waals surface area contributed by atoms with E-state index in [4.69, 9.17) is 0 Å². The SMILES string of the molecule is Cc1nn(C)c(C)c1CCCN1C(=O)N[C@H](C)C1=O. The summed E-state index contributed by atoms with van der Waals surface area (Å²) in [6.45, 7) is 6.18. The topological polar surface area (TPSA) is 67.2 Å². The quantitative estimate of drug-likeness (QED) is 0.822. The first-order chi connectivity index (χ1) is 8.91. The highest BCUT2D eigenvalue weighted by Gasteiger charge is 2.34. The molecule has 104 valence electrons. The summed E-state index contributed by atoms with van der Waals surface area (Å²) in [5.41, 5.74) is 3.37. The van der Waals surface area contributed by atoms with E-state index in [1.165, 1.54) is 10.5 Å². The normalized spacial score (nSPS) is 19.2. The predicted octanol–water partition coefficient (Wildman–Crippen LogP) is 0.910. The molecule has 0 radical (unpaired) electrons. The van der Waals surface area contributed by atoms with Gasteiger partial charge < -0.3 is 5.32 Å². The molecule has 0 bridgehead atoms. The van der Waals surface area contributed by atoms with Crippen molar-refractivity contribution in [3.05, 3.63) is 17.0 Å². The lowest BCUT2D eigenvalue weighted by Crippen LogP contribution is -2.32. The zero-order valence-corrected chi connectivity index (χ0v) is 11.9. The van der Waals surface area contributed by atoms with Gasteiger partial charge in [0.15, 0.2) is 0 Å². The maximum absolute atomic E-state index is 11.7. The van der Waals surface area contributed by atoms with Gasteiger partial charge in [-0.25, -0.2) is 4.79 Å². The highest BCUT2D eigenvalue weighted by molar-refractivity contribution is 6.03. The largest absolute Gasteiger partial charge is 0.326 e. The Balaban J connectivity index is 1.94. The van der Waals surface area contributed by atoms with Crippen LogP contribution in [0.15, 0.2) is 0 Å². The number of aryl methyl sites for hydroxylation is 2. The lowest BCUT2D eigenvalue weighted by atomic mass is 10.1. The third kappa shape index (κ3) is 2.47. The van der Waals surface area contributed by atoms with E-state index in [1.54, 1.807) is 6.92 Å². The average Bonchev–Trinajstić information content (AvgIpc) is 2.72. The summed E-state index contributed by atoms with van der Waals surface area (Å²) in [5.74, 6) is -0.135. The van der Waals surface area contributed by atoms with Crippen molar-refractivity contribution >= 4 is 11.9 Å².